The van der Waals surface area contributed by atoms with E-state index in [9.17, 15) is 4.79 Å². The zero-order valence-corrected chi connectivity index (χ0v) is 13.7. The first-order chi connectivity index (χ1) is 10.2. The highest BCUT2D eigenvalue weighted by molar-refractivity contribution is 5.94. The molecule has 1 aliphatic carbocycles. The first-order valence-corrected chi connectivity index (χ1v) is 8.81. The van der Waals surface area contributed by atoms with Gasteiger partial charge in [0.2, 0.25) is 0 Å². The summed E-state index contributed by atoms with van der Waals surface area (Å²) < 4.78 is 0. The van der Waals surface area contributed by atoms with Crippen LogP contribution in [0.4, 0.5) is 0 Å². The molecule has 0 atom stereocenters. The Morgan fingerprint density at radius 3 is 2.24 bits per heavy atom. The number of hydrogen-bond donors (Lipinski definition) is 0. The highest BCUT2D eigenvalue weighted by Crippen LogP contribution is 2.37. The van der Waals surface area contributed by atoms with Gasteiger partial charge < -0.3 is 0 Å². The lowest BCUT2D eigenvalue weighted by atomic mass is 9.77. The Morgan fingerprint density at radius 1 is 1.00 bits per heavy atom. The molecule has 1 aliphatic rings. The van der Waals surface area contributed by atoms with Gasteiger partial charge >= 0.3 is 0 Å². The van der Waals surface area contributed by atoms with E-state index < -0.39 is 0 Å². The van der Waals surface area contributed by atoms with Crippen molar-refractivity contribution in [1.82, 2.24) is 0 Å². The second kappa shape index (κ2) is 8.36. The van der Waals surface area contributed by atoms with Crippen LogP contribution in [0.1, 0.15) is 93.5 Å². The maximum atomic E-state index is 11.3. The molecule has 1 heteroatoms. The summed E-state index contributed by atoms with van der Waals surface area (Å²) in [7, 11) is 0. The summed E-state index contributed by atoms with van der Waals surface area (Å²) in [6.45, 7) is 3.92. The van der Waals surface area contributed by atoms with E-state index in [-0.39, 0.29) is 5.78 Å². The van der Waals surface area contributed by atoms with Crippen LogP contribution >= 0.6 is 0 Å². The van der Waals surface area contributed by atoms with Crippen molar-refractivity contribution in [2.45, 2.75) is 77.6 Å². The molecule has 1 aromatic rings. The molecule has 1 aromatic carbocycles. The number of benzene rings is 1. The highest BCUT2D eigenvalue weighted by Gasteiger charge is 2.22. The minimum Gasteiger partial charge on any atom is -0.295 e. The predicted molar refractivity (Wildman–Crippen MR) is 89.9 cm³/mol. The maximum Gasteiger partial charge on any atom is 0.159 e. The smallest absolute Gasteiger partial charge is 0.159 e. The molecular weight excluding hydrogens is 256 g/mol. The van der Waals surface area contributed by atoms with E-state index in [4.69, 9.17) is 0 Å². The number of carbonyl (C=O) groups is 1. The third kappa shape index (κ3) is 4.98. The molecule has 0 aliphatic heterocycles. The molecule has 2 rings (SSSR count). The topological polar surface area (TPSA) is 17.1 Å². The van der Waals surface area contributed by atoms with Crippen LogP contribution in [0.2, 0.25) is 0 Å². The minimum atomic E-state index is 0.164. The summed E-state index contributed by atoms with van der Waals surface area (Å²) >= 11 is 0. The van der Waals surface area contributed by atoms with E-state index in [1.54, 1.807) is 6.92 Å². The van der Waals surface area contributed by atoms with Crippen molar-refractivity contribution in [2.75, 3.05) is 0 Å². The van der Waals surface area contributed by atoms with Gasteiger partial charge in [-0.15, -0.1) is 0 Å². The fraction of sp³-hybridized carbons (Fsp3) is 0.650. The van der Waals surface area contributed by atoms with Crippen molar-refractivity contribution in [3.63, 3.8) is 0 Å². The molecule has 0 radical (unpaired) electrons. The summed E-state index contributed by atoms with van der Waals surface area (Å²) in [4.78, 5) is 11.3. The van der Waals surface area contributed by atoms with Gasteiger partial charge in [0.05, 0.1) is 0 Å². The Hall–Kier alpha value is -1.11. The number of hydrogen-bond acceptors (Lipinski definition) is 1. The fourth-order valence-corrected chi connectivity index (χ4v) is 3.63. The van der Waals surface area contributed by atoms with Crippen LogP contribution in [0, 0.1) is 5.92 Å². The molecule has 0 aromatic heterocycles. The van der Waals surface area contributed by atoms with E-state index >= 15 is 0 Å². The van der Waals surface area contributed by atoms with Crippen molar-refractivity contribution >= 4 is 5.78 Å². The van der Waals surface area contributed by atoms with Gasteiger partial charge in [-0.05, 0) is 50.0 Å². The summed E-state index contributed by atoms with van der Waals surface area (Å²) in [5.74, 6) is 1.85. The second-order valence-electron chi connectivity index (χ2n) is 6.75. The van der Waals surface area contributed by atoms with E-state index in [2.05, 4.69) is 19.1 Å². The Kier molecular flexibility index (Phi) is 6.48. The van der Waals surface area contributed by atoms with Crippen LogP contribution in [0.3, 0.4) is 0 Å². The predicted octanol–water partition coefficient (Wildman–Crippen LogP) is 6.13. The largest absolute Gasteiger partial charge is 0.295 e. The summed E-state index contributed by atoms with van der Waals surface area (Å²) in [5, 5.41) is 0. The Balaban J connectivity index is 1.76. The zero-order valence-electron chi connectivity index (χ0n) is 13.7. The molecule has 0 spiro atoms. The molecule has 1 saturated carbocycles. The van der Waals surface area contributed by atoms with E-state index in [0.29, 0.717) is 0 Å². The summed E-state index contributed by atoms with van der Waals surface area (Å²) in [5.41, 5.74) is 2.27. The molecule has 0 N–H and O–H groups in total. The average Bonchev–Trinajstić information content (AvgIpc) is 2.52. The SMILES string of the molecule is CCCCCCC1CCC(c2ccc(C(C)=O)cc2)CC1. The first kappa shape index (κ1) is 16.3. The van der Waals surface area contributed by atoms with Gasteiger partial charge in [0, 0.05) is 5.56 Å². The van der Waals surface area contributed by atoms with Crippen LogP contribution in [0.25, 0.3) is 0 Å². The number of unbranched alkanes of at least 4 members (excludes halogenated alkanes) is 3. The van der Waals surface area contributed by atoms with Crippen LogP contribution in [0.15, 0.2) is 24.3 Å². The van der Waals surface area contributed by atoms with Crippen LogP contribution < -0.4 is 0 Å². The third-order valence-electron chi connectivity index (χ3n) is 5.10. The molecule has 1 fully saturated rings. The zero-order chi connectivity index (χ0) is 15.1. The van der Waals surface area contributed by atoms with Gasteiger partial charge in [-0.3, -0.25) is 4.79 Å². The molecule has 0 saturated heterocycles. The molecular formula is C20H30O. The molecule has 21 heavy (non-hydrogen) atoms. The van der Waals surface area contributed by atoms with Crippen LogP contribution in [-0.4, -0.2) is 5.78 Å². The normalized spacial score (nSPS) is 22.2. The molecule has 1 nitrogen and oxygen atoms in total. The monoisotopic (exact) mass is 286 g/mol. The minimum absolute atomic E-state index is 0.164. The van der Waals surface area contributed by atoms with Crippen LogP contribution in [0.5, 0.6) is 0 Å². The number of carbonyl (C=O) groups excluding carboxylic acids is 1. The van der Waals surface area contributed by atoms with Gasteiger partial charge in [0.15, 0.2) is 5.78 Å². The molecule has 0 amide bonds. The molecule has 0 heterocycles. The van der Waals surface area contributed by atoms with E-state index in [0.717, 1.165) is 17.4 Å². The Bertz CT molecular complexity index is 424. The quantitative estimate of drug-likeness (QED) is 0.435. The lowest BCUT2D eigenvalue weighted by Gasteiger charge is -2.29. The van der Waals surface area contributed by atoms with E-state index in [1.807, 2.05) is 12.1 Å². The van der Waals surface area contributed by atoms with Gasteiger partial charge in [-0.2, -0.15) is 0 Å². The van der Waals surface area contributed by atoms with Crippen LogP contribution in [-0.2, 0) is 0 Å². The van der Waals surface area contributed by atoms with Crippen molar-refractivity contribution in [3.8, 4) is 0 Å². The number of ketones is 1. The van der Waals surface area contributed by atoms with Gasteiger partial charge in [-0.1, -0.05) is 63.3 Å². The van der Waals surface area contributed by atoms with Crippen molar-refractivity contribution in [2.24, 2.45) is 5.92 Å². The van der Waals surface area contributed by atoms with Gasteiger partial charge in [0.1, 0.15) is 0 Å². The number of rotatable bonds is 7. The second-order valence-corrected chi connectivity index (χ2v) is 6.75. The Morgan fingerprint density at radius 2 is 1.67 bits per heavy atom. The van der Waals surface area contributed by atoms with Gasteiger partial charge in [0.25, 0.3) is 0 Å². The summed E-state index contributed by atoms with van der Waals surface area (Å²) in [6.07, 6.45) is 12.5. The maximum absolute atomic E-state index is 11.3. The van der Waals surface area contributed by atoms with Crippen molar-refractivity contribution in [3.05, 3.63) is 35.4 Å². The van der Waals surface area contributed by atoms with E-state index in [1.165, 1.54) is 63.4 Å². The average molecular weight is 286 g/mol. The summed E-state index contributed by atoms with van der Waals surface area (Å²) in [6, 6.07) is 8.33. The number of Topliss-reactive ketones (excluding diaryl/α,β-unsaturated/α-hetero) is 1. The third-order valence-corrected chi connectivity index (χ3v) is 5.10. The first-order valence-electron chi connectivity index (χ1n) is 8.81. The molecule has 0 unspecified atom stereocenters. The molecule has 116 valence electrons. The van der Waals surface area contributed by atoms with Gasteiger partial charge in [-0.25, -0.2) is 0 Å². The fourth-order valence-electron chi connectivity index (χ4n) is 3.63. The lowest BCUT2D eigenvalue weighted by molar-refractivity contribution is 0.101. The Labute approximate surface area is 130 Å². The van der Waals surface area contributed by atoms with Crippen molar-refractivity contribution in [1.29, 1.82) is 0 Å². The lowest BCUT2D eigenvalue weighted by Crippen LogP contribution is -2.13. The highest BCUT2D eigenvalue weighted by atomic mass is 16.1. The van der Waals surface area contributed by atoms with Crippen molar-refractivity contribution < 1.29 is 4.79 Å². The molecule has 0 bridgehead atoms. The standard InChI is InChI=1S/C20H30O/c1-3-4-5-6-7-17-8-10-19(11-9-17)20-14-12-18(13-15-20)16(2)21/h12-15,17,19H,3-11H2,1-2H3.